The Balaban J connectivity index is 1.90. The van der Waals surface area contributed by atoms with Crippen LogP contribution in [0.15, 0.2) is 47.6 Å². The van der Waals surface area contributed by atoms with Gasteiger partial charge in [-0.15, -0.1) is 0 Å². The van der Waals surface area contributed by atoms with Gasteiger partial charge in [0.25, 0.3) is 11.6 Å². The van der Waals surface area contributed by atoms with Crippen LogP contribution in [0.25, 0.3) is 0 Å². The van der Waals surface area contributed by atoms with Gasteiger partial charge in [0.2, 0.25) is 5.91 Å². The summed E-state index contributed by atoms with van der Waals surface area (Å²) in [4.78, 5) is 51.6. The molecule has 2 aliphatic rings. The Morgan fingerprint density at radius 2 is 1.91 bits per heavy atom. The number of fused-ring (bicyclic) bond motifs is 1. The van der Waals surface area contributed by atoms with Crippen LogP contribution < -0.4 is 10.3 Å². The molecule has 10 heteroatoms. The number of nitro benzene ring substituents is 1. The lowest BCUT2D eigenvalue weighted by Gasteiger charge is -2.26. The van der Waals surface area contributed by atoms with Gasteiger partial charge in [-0.2, -0.15) is 5.10 Å². The van der Waals surface area contributed by atoms with Crippen LogP contribution in [0.1, 0.15) is 23.6 Å². The summed E-state index contributed by atoms with van der Waals surface area (Å²) in [5.41, 5.74) is 2.56. The summed E-state index contributed by atoms with van der Waals surface area (Å²) in [6.45, 7) is 5.20. The second-order valence-electron chi connectivity index (χ2n) is 7.64. The van der Waals surface area contributed by atoms with Crippen LogP contribution in [0.4, 0.5) is 11.4 Å². The maximum absolute atomic E-state index is 13.8. The molecule has 2 amide bonds. The fraction of sp³-hybridized carbons (Fsp3) is 0.273. The number of rotatable bonds is 5. The number of aryl methyl sites for hydroxylation is 2. The van der Waals surface area contributed by atoms with E-state index in [9.17, 15) is 24.5 Å². The van der Waals surface area contributed by atoms with Crippen molar-refractivity contribution >= 4 is 34.9 Å². The fourth-order valence-electron chi connectivity index (χ4n) is 4.08. The van der Waals surface area contributed by atoms with E-state index in [0.29, 0.717) is 11.1 Å². The number of hydrogen-bond acceptors (Lipinski definition) is 8. The number of non-ortho nitro benzene ring substituents is 1. The van der Waals surface area contributed by atoms with Crippen molar-refractivity contribution in [2.75, 3.05) is 11.5 Å². The summed E-state index contributed by atoms with van der Waals surface area (Å²) in [5, 5.41) is 15.3. The van der Waals surface area contributed by atoms with Crippen molar-refractivity contribution < 1.29 is 24.0 Å². The molecule has 0 unspecified atom stereocenters. The second-order valence-corrected chi connectivity index (χ2v) is 7.64. The van der Waals surface area contributed by atoms with Gasteiger partial charge in [0.05, 0.1) is 17.2 Å². The second kappa shape index (κ2) is 7.56. The van der Waals surface area contributed by atoms with Gasteiger partial charge in [0.1, 0.15) is 5.92 Å². The van der Waals surface area contributed by atoms with Crippen LogP contribution in [-0.4, -0.2) is 35.0 Å². The number of carbonyl (C=O) groups is 3. The normalized spacial score (nSPS) is 21.8. The third-order valence-corrected chi connectivity index (χ3v) is 5.70. The van der Waals surface area contributed by atoms with Crippen molar-refractivity contribution in [3.63, 3.8) is 0 Å². The Hall–Kier alpha value is -4.08. The molecule has 0 spiro atoms. The Kier molecular flexibility index (Phi) is 5.00. The number of benzene rings is 2. The van der Waals surface area contributed by atoms with Crippen LogP contribution in [0.2, 0.25) is 0 Å². The van der Waals surface area contributed by atoms with E-state index in [4.69, 9.17) is 4.74 Å². The first-order chi connectivity index (χ1) is 15.2. The van der Waals surface area contributed by atoms with Gasteiger partial charge in [0.15, 0.2) is 11.3 Å². The van der Waals surface area contributed by atoms with Gasteiger partial charge in [0, 0.05) is 12.1 Å². The first-order valence-corrected chi connectivity index (χ1v) is 9.94. The average Bonchev–Trinajstić information content (AvgIpc) is 3.25. The molecule has 2 heterocycles. The lowest BCUT2D eigenvalue weighted by Crippen LogP contribution is -2.48. The van der Waals surface area contributed by atoms with Gasteiger partial charge in [-0.25, -0.2) is 9.69 Å². The van der Waals surface area contributed by atoms with Gasteiger partial charge in [-0.05, 0) is 31.9 Å². The van der Waals surface area contributed by atoms with E-state index in [0.717, 1.165) is 10.5 Å². The molecule has 10 nitrogen and oxygen atoms in total. The van der Waals surface area contributed by atoms with Crippen LogP contribution >= 0.6 is 0 Å². The Morgan fingerprint density at radius 3 is 2.53 bits per heavy atom. The zero-order valence-electron chi connectivity index (χ0n) is 17.6. The minimum Gasteiger partial charge on any atom is -0.461 e. The molecule has 164 valence electrons. The highest BCUT2D eigenvalue weighted by atomic mass is 16.6. The standard InChI is InChI=1S/C22H20N4O6/c1-4-32-20(28)18-17-19(27)25(16-11-15(26(30)31)10-7-13(16)3)21(29)22(17,24-23-18)14-8-5-12(2)6-9-14/h5-11,17,24H,4H2,1-3H3/t17-,22-/m1/s1. The molecule has 2 atom stereocenters. The van der Waals surface area contributed by atoms with E-state index in [1.54, 1.807) is 38.1 Å². The molecule has 32 heavy (non-hydrogen) atoms. The Labute approximate surface area is 183 Å². The number of ether oxygens (including phenoxy) is 1. The molecule has 2 aromatic rings. The lowest BCUT2D eigenvalue weighted by atomic mass is 9.78. The molecule has 0 aromatic heterocycles. The third kappa shape index (κ3) is 2.95. The predicted molar refractivity (Wildman–Crippen MR) is 114 cm³/mol. The zero-order valence-corrected chi connectivity index (χ0v) is 17.6. The van der Waals surface area contributed by atoms with Gasteiger partial charge < -0.3 is 4.74 Å². The molecule has 0 aliphatic carbocycles. The molecular weight excluding hydrogens is 416 g/mol. The molecule has 0 saturated carbocycles. The van der Waals surface area contributed by atoms with E-state index in [-0.39, 0.29) is 23.7 Å². The van der Waals surface area contributed by atoms with Crippen molar-refractivity contribution in [3.8, 4) is 0 Å². The number of hydrazone groups is 1. The van der Waals surface area contributed by atoms with Gasteiger partial charge >= 0.3 is 5.97 Å². The molecule has 1 N–H and O–H groups in total. The summed E-state index contributed by atoms with van der Waals surface area (Å²) in [6.07, 6.45) is 0. The number of imide groups is 1. The number of nitro groups is 1. The molecule has 0 bridgehead atoms. The van der Waals surface area contributed by atoms with Crippen molar-refractivity contribution in [2.24, 2.45) is 11.0 Å². The number of nitrogens with zero attached hydrogens (tertiary/aromatic N) is 3. The fourth-order valence-corrected chi connectivity index (χ4v) is 4.08. The molecule has 4 rings (SSSR count). The van der Waals surface area contributed by atoms with E-state index in [1.165, 1.54) is 18.2 Å². The highest BCUT2D eigenvalue weighted by molar-refractivity contribution is 6.47. The topological polar surface area (TPSA) is 131 Å². The number of carbonyl (C=O) groups excluding carboxylic acids is 3. The van der Waals surface area contributed by atoms with Crippen LogP contribution in [0, 0.1) is 29.9 Å². The predicted octanol–water partition coefficient (Wildman–Crippen LogP) is 2.12. The zero-order chi connectivity index (χ0) is 23.2. The number of anilines is 1. The number of nitrogens with one attached hydrogen (secondary N) is 1. The van der Waals surface area contributed by atoms with E-state index in [1.807, 2.05) is 6.92 Å². The highest BCUT2D eigenvalue weighted by Gasteiger charge is 2.67. The lowest BCUT2D eigenvalue weighted by molar-refractivity contribution is -0.384. The van der Waals surface area contributed by atoms with Gasteiger partial charge in [-0.3, -0.25) is 25.1 Å². The number of amides is 2. The minimum absolute atomic E-state index is 0.0674. The smallest absolute Gasteiger partial charge is 0.355 e. The monoisotopic (exact) mass is 436 g/mol. The first kappa shape index (κ1) is 21.2. The molecule has 2 aromatic carbocycles. The maximum Gasteiger partial charge on any atom is 0.355 e. The molecule has 1 fully saturated rings. The molecule has 2 aliphatic heterocycles. The maximum atomic E-state index is 13.8. The van der Waals surface area contributed by atoms with Crippen molar-refractivity contribution in [1.29, 1.82) is 0 Å². The van der Waals surface area contributed by atoms with Crippen LogP contribution in [0.3, 0.4) is 0 Å². The number of esters is 1. The van der Waals surface area contributed by atoms with E-state index >= 15 is 0 Å². The number of hydrogen-bond donors (Lipinski definition) is 1. The Bertz CT molecular complexity index is 1190. The minimum atomic E-state index is -1.66. The summed E-state index contributed by atoms with van der Waals surface area (Å²) in [6, 6.07) is 10.9. The highest BCUT2D eigenvalue weighted by Crippen LogP contribution is 2.46. The summed E-state index contributed by atoms with van der Waals surface area (Å²) in [7, 11) is 0. The van der Waals surface area contributed by atoms with Crippen molar-refractivity contribution in [2.45, 2.75) is 26.3 Å². The van der Waals surface area contributed by atoms with Crippen molar-refractivity contribution in [1.82, 2.24) is 5.43 Å². The summed E-state index contributed by atoms with van der Waals surface area (Å²) < 4.78 is 5.05. The molecular formula is C22H20N4O6. The SMILES string of the molecule is CCOC(=O)C1=NN[C@@]2(c3ccc(C)cc3)C(=O)N(c3cc([N+](=O)[O-])ccc3C)C(=O)[C@@H]12. The van der Waals surface area contributed by atoms with E-state index < -0.39 is 34.2 Å². The van der Waals surface area contributed by atoms with Gasteiger partial charge in [-0.1, -0.05) is 35.9 Å². The van der Waals surface area contributed by atoms with E-state index in [2.05, 4.69) is 10.5 Å². The summed E-state index contributed by atoms with van der Waals surface area (Å²) in [5.74, 6) is -3.48. The first-order valence-electron chi connectivity index (χ1n) is 9.94. The van der Waals surface area contributed by atoms with Crippen LogP contribution in [-0.2, 0) is 24.7 Å². The largest absolute Gasteiger partial charge is 0.461 e. The Morgan fingerprint density at radius 1 is 1.22 bits per heavy atom. The summed E-state index contributed by atoms with van der Waals surface area (Å²) >= 11 is 0. The van der Waals surface area contributed by atoms with Crippen molar-refractivity contribution in [3.05, 3.63) is 69.3 Å². The molecule has 1 saturated heterocycles. The van der Waals surface area contributed by atoms with Crippen LogP contribution in [0.5, 0.6) is 0 Å². The third-order valence-electron chi connectivity index (χ3n) is 5.70. The average molecular weight is 436 g/mol. The molecule has 0 radical (unpaired) electrons. The quantitative estimate of drug-likeness (QED) is 0.329.